The molecule has 8 heteroatoms. The first-order valence-electron chi connectivity index (χ1n) is 9.40. The zero-order valence-corrected chi connectivity index (χ0v) is 16.0. The maximum absolute atomic E-state index is 11.8. The quantitative estimate of drug-likeness (QED) is 0.749. The van der Waals surface area contributed by atoms with Crippen molar-refractivity contribution in [1.82, 2.24) is 29.6 Å². The van der Waals surface area contributed by atoms with E-state index < -0.39 is 0 Å². The highest BCUT2D eigenvalue weighted by Crippen LogP contribution is 2.30. The number of anilines is 2. The number of aromatic nitrogens is 5. The number of benzene rings is 1. The molecule has 0 saturated carbocycles. The minimum atomic E-state index is 0. The number of carbonyl (C=O) groups excluding carboxylic acids is 1. The van der Waals surface area contributed by atoms with Crippen molar-refractivity contribution in [2.45, 2.75) is 32.6 Å². The molecule has 1 fully saturated rings. The maximum atomic E-state index is 11.8. The first kappa shape index (κ1) is 18.1. The largest absolute Gasteiger partial charge is 0.342 e. The van der Waals surface area contributed by atoms with Gasteiger partial charge in [-0.15, -0.1) is 5.10 Å². The van der Waals surface area contributed by atoms with Crippen molar-refractivity contribution in [3.63, 3.8) is 0 Å². The van der Waals surface area contributed by atoms with E-state index in [1.807, 2.05) is 4.90 Å². The van der Waals surface area contributed by atoms with Crippen LogP contribution in [0.25, 0.3) is 5.82 Å². The van der Waals surface area contributed by atoms with Crippen molar-refractivity contribution in [3.05, 3.63) is 54.2 Å². The van der Waals surface area contributed by atoms with Crippen LogP contribution in [0.2, 0.25) is 0 Å². The smallest absolute Gasteiger partial charge is 0.247 e. The topological polar surface area (TPSA) is 88.8 Å². The second kappa shape index (κ2) is 7.75. The molecule has 3 heterocycles. The summed E-state index contributed by atoms with van der Waals surface area (Å²) in [6.45, 7) is 5.35. The number of likely N-dealkylation sites (tertiary alicyclic amines) is 1. The molecular formula is C20H25N7O. The lowest BCUT2D eigenvalue weighted by Gasteiger charge is -2.32. The molecule has 3 aromatic rings. The third-order valence-electron chi connectivity index (χ3n) is 4.99. The molecule has 28 heavy (non-hydrogen) atoms. The average molecular weight is 379 g/mol. The Kier molecular flexibility index (Phi) is 5.01. The van der Waals surface area contributed by atoms with Crippen molar-refractivity contribution in [2.75, 3.05) is 18.4 Å². The Bertz CT molecular complexity index is 976. The Morgan fingerprint density at radius 1 is 1.29 bits per heavy atom. The number of hydrogen-bond donors (Lipinski definition) is 1. The highest BCUT2D eigenvalue weighted by atomic mass is 16.2. The van der Waals surface area contributed by atoms with E-state index in [4.69, 9.17) is 0 Å². The monoisotopic (exact) mass is 379 g/mol. The molecule has 0 aliphatic carbocycles. The van der Waals surface area contributed by atoms with E-state index in [-0.39, 0.29) is 7.33 Å². The second-order valence-corrected chi connectivity index (χ2v) is 7.14. The lowest BCUT2D eigenvalue weighted by atomic mass is 9.89. The van der Waals surface area contributed by atoms with Gasteiger partial charge in [-0.2, -0.15) is 4.98 Å². The van der Waals surface area contributed by atoms with E-state index >= 15 is 0 Å². The van der Waals surface area contributed by atoms with Crippen LogP contribution in [0.4, 0.5) is 11.6 Å². The van der Waals surface area contributed by atoms with Crippen LogP contribution in [0.3, 0.4) is 0 Å². The van der Waals surface area contributed by atoms with Crippen LogP contribution in [-0.2, 0) is 4.79 Å². The predicted molar refractivity (Wildman–Crippen MR) is 108 cm³/mol. The summed E-state index contributed by atoms with van der Waals surface area (Å²) in [7, 11) is 0. The van der Waals surface area contributed by atoms with Gasteiger partial charge in [-0.1, -0.05) is 6.07 Å². The van der Waals surface area contributed by atoms with Crippen molar-refractivity contribution in [3.8, 4) is 5.82 Å². The number of rotatable bonds is 4. The van der Waals surface area contributed by atoms with Gasteiger partial charge < -0.3 is 10.2 Å². The summed E-state index contributed by atoms with van der Waals surface area (Å²) in [5, 5.41) is 7.72. The molecule has 146 valence electrons. The molecule has 1 amide bonds. The van der Waals surface area contributed by atoms with Crippen LogP contribution in [0.1, 0.15) is 38.2 Å². The SMILES string of the molecule is CC(=O)N1CCCC(c2cc(C)cc(Nc3ncn(-c4ccncn4)n3)c2)C1.[HH]. The van der Waals surface area contributed by atoms with Gasteiger partial charge >= 0.3 is 0 Å². The number of aryl methyl sites for hydroxylation is 1. The molecule has 1 atom stereocenters. The molecule has 1 aliphatic rings. The number of carbonyl (C=O) groups is 1. The van der Waals surface area contributed by atoms with Gasteiger partial charge in [0.15, 0.2) is 5.82 Å². The normalized spacial score (nSPS) is 16.8. The molecule has 1 unspecified atom stereocenters. The molecular weight excluding hydrogens is 354 g/mol. The number of nitrogens with one attached hydrogen (secondary N) is 1. The fraction of sp³-hybridized carbons (Fsp3) is 0.350. The van der Waals surface area contributed by atoms with E-state index in [1.165, 1.54) is 11.9 Å². The number of piperidine rings is 1. The zero-order valence-electron chi connectivity index (χ0n) is 16.0. The molecule has 2 aromatic heterocycles. The number of hydrogen-bond acceptors (Lipinski definition) is 6. The first-order chi connectivity index (χ1) is 13.6. The van der Waals surface area contributed by atoms with Gasteiger partial charge in [0.2, 0.25) is 11.9 Å². The Hall–Kier alpha value is -3.29. The van der Waals surface area contributed by atoms with Gasteiger partial charge in [0.25, 0.3) is 0 Å². The summed E-state index contributed by atoms with van der Waals surface area (Å²) in [4.78, 5) is 26.1. The zero-order chi connectivity index (χ0) is 19.5. The summed E-state index contributed by atoms with van der Waals surface area (Å²) in [6.07, 6.45) is 6.89. The minimum Gasteiger partial charge on any atom is -0.342 e. The van der Waals surface area contributed by atoms with E-state index in [0.29, 0.717) is 17.7 Å². The summed E-state index contributed by atoms with van der Waals surface area (Å²) < 4.78 is 1.60. The fourth-order valence-electron chi connectivity index (χ4n) is 3.63. The standard InChI is InChI=1S/C20H23N7O.H2/c1-14-8-17(16-4-3-7-26(11-16)15(2)28)10-18(9-14)24-20-23-13-27(25-20)19-5-6-21-12-22-19;/h5-6,8-10,12-13,16H,3-4,7,11H2,1-2H3,(H,24,25);1H. The van der Waals surface area contributed by atoms with Gasteiger partial charge in [0.1, 0.15) is 12.7 Å². The highest BCUT2D eigenvalue weighted by molar-refractivity contribution is 5.73. The van der Waals surface area contributed by atoms with Crippen LogP contribution >= 0.6 is 0 Å². The van der Waals surface area contributed by atoms with Crippen molar-refractivity contribution >= 4 is 17.5 Å². The average Bonchev–Trinajstić information content (AvgIpc) is 3.17. The van der Waals surface area contributed by atoms with Crippen LogP contribution in [-0.4, -0.2) is 48.6 Å². The second-order valence-electron chi connectivity index (χ2n) is 7.14. The van der Waals surface area contributed by atoms with E-state index in [2.05, 4.69) is 50.5 Å². The Balaban J connectivity index is 0.00000240. The Morgan fingerprint density at radius 3 is 2.96 bits per heavy atom. The van der Waals surface area contributed by atoms with E-state index in [9.17, 15) is 4.79 Å². The third-order valence-corrected chi connectivity index (χ3v) is 4.99. The fourth-order valence-corrected chi connectivity index (χ4v) is 3.63. The van der Waals surface area contributed by atoms with Crippen molar-refractivity contribution in [1.29, 1.82) is 0 Å². The molecule has 4 rings (SSSR count). The summed E-state index contributed by atoms with van der Waals surface area (Å²) in [6, 6.07) is 8.17. The Morgan fingerprint density at radius 2 is 2.18 bits per heavy atom. The lowest BCUT2D eigenvalue weighted by molar-refractivity contribution is -0.130. The molecule has 0 bridgehead atoms. The summed E-state index contributed by atoms with van der Waals surface area (Å²) in [5.41, 5.74) is 3.34. The lowest BCUT2D eigenvalue weighted by Crippen LogP contribution is -2.37. The van der Waals surface area contributed by atoms with Gasteiger partial charge in [-0.25, -0.2) is 14.6 Å². The first-order valence-corrected chi connectivity index (χ1v) is 9.40. The molecule has 1 saturated heterocycles. The van der Waals surface area contributed by atoms with Crippen LogP contribution < -0.4 is 5.32 Å². The molecule has 1 N–H and O–H groups in total. The number of nitrogens with zero attached hydrogens (tertiary/aromatic N) is 6. The van der Waals surface area contributed by atoms with Gasteiger partial charge in [0, 0.05) is 45.3 Å². The summed E-state index contributed by atoms with van der Waals surface area (Å²) >= 11 is 0. The van der Waals surface area contributed by atoms with Crippen molar-refractivity contribution in [2.24, 2.45) is 0 Å². The van der Waals surface area contributed by atoms with Gasteiger partial charge in [0.05, 0.1) is 0 Å². The molecule has 1 aromatic carbocycles. The van der Waals surface area contributed by atoms with E-state index in [0.717, 1.165) is 37.2 Å². The van der Waals surface area contributed by atoms with Gasteiger partial charge in [-0.3, -0.25) is 4.79 Å². The maximum Gasteiger partial charge on any atom is 0.247 e. The van der Waals surface area contributed by atoms with Crippen LogP contribution in [0, 0.1) is 6.92 Å². The molecule has 8 nitrogen and oxygen atoms in total. The predicted octanol–water partition coefficient (Wildman–Crippen LogP) is 3.08. The summed E-state index contributed by atoms with van der Waals surface area (Å²) in [5.74, 6) is 1.66. The Labute approximate surface area is 165 Å². The third kappa shape index (κ3) is 4.00. The van der Waals surface area contributed by atoms with Crippen molar-refractivity contribution < 1.29 is 6.22 Å². The molecule has 0 radical (unpaired) electrons. The highest BCUT2D eigenvalue weighted by Gasteiger charge is 2.23. The number of amides is 1. The van der Waals surface area contributed by atoms with Crippen LogP contribution in [0.5, 0.6) is 0 Å². The molecule has 1 aliphatic heterocycles. The molecule has 0 spiro atoms. The van der Waals surface area contributed by atoms with Gasteiger partial charge in [-0.05, 0) is 43.0 Å². The van der Waals surface area contributed by atoms with E-state index in [1.54, 1.807) is 30.2 Å². The van der Waals surface area contributed by atoms with Crippen LogP contribution in [0.15, 0.2) is 43.1 Å². The minimum absolute atomic E-state index is 0.